The number of rotatable bonds is 4. The van der Waals surface area contributed by atoms with Crippen molar-refractivity contribution in [2.45, 2.75) is 44.7 Å². The summed E-state index contributed by atoms with van der Waals surface area (Å²) in [7, 11) is 0. The molecule has 0 saturated carbocycles. The minimum atomic E-state index is -0.0916. The van der Waals surface area contributed by atoms with Gasteiger partial charge in [-0.15, -0.1) is 0 Å². The molecule has 3 heterocycles. The summed E-state index contributed by atoms with van der Waals surface area (Å²) in [5.41, 5.74) is 6.42. The molecule has 1 aromatic heterocycles. The Morgan fingerprint density at radius 1 is 1.22 bits per heavy atom. The number of nitrogens with zero attached hydrogens (tertiary/aromatic N) is 4. The molecule has 126 valence electrons. The summed E-state index contributed by atoms with van der Waals surface area (Å²) in [4.78, 5) is 25.5. The Morgan fingerprint density at radius 2 is 2.04 bits per heavy atom. The molecule has 0 aliphatic carbocycles. The average molecular weight is 318 g/mol. The van der Waals surface area contributed by atoms with Gasteiger partial charge in [-0.1, -0.05) is 13.3 Å². The third kappa shape index (κ3) is 3.97. The van der Waals surface area contributed by atoms with Crippen LogP contribution in [-0.2, 0) is 4.79 Å². The van der Waals surface area contributed by atoms with Crippen molar-refractivity contribution < 1.29 is 4.79 Å². The lowest BCUT2D eigenvalue weighted by molar-refractivity contribution is -0.133. The highest BCUT2D eigenvalue weighted by Crippen LogP contribution is 2.15. The van der Waals surface area contributed by atoms with E-state index < -0.39 is 0 Å². The third-order valence-corrected chi connectivity index (χ3v) is 4.56. The molecular weight excluding hydrogens is 292 g/mol. The molecule has 1 amide bonds. The summed E-state index contributed by atoms with van der Waals surface area (Å²) < 4.78 is 0. The van der Waals surface area contributed by atoms with Crippen LogP contribution in [0.25, 0.3) is 0 Å². The number of amides is 1. The fourth-order valence-electron chi connectivity index (χ4n) is 3.33. The summed E-state index contributed by atoms with van der Waals surface area (Å²) in [6.45, 7) is 5.38. The van der Waals surface area contributed by atoms with Gasteiger partial charge < -0.3 is 9.80 Å². The SMILES string of the molecule is CCCC1CC(C(=O)N2CCCN(c3ncccn3)CC2)NN1. The van der Waals surface area contributed by atoms with E-state index in [4.69, 9.17) is 0 Å². The standard InChI is InChI=1S/C16H26N6O/c1-2-5-13-12-14(20-19-13)15(23)21-8-4-9-22(11-10-21)16-17-6-3-7-18-16/h3,6-7,13-14,19-20H,2,4-5,8-12H2,1H3. The highest BCUT2D eigenvalue weighted by Gasteiger charge is 2.32. The van der Waals surface area contributed by atoms with Crippen LogP contribution in [0.5, 0.6) is 0 Å². The van der Waals surface area contributed by atoms with Crippen molar-refractivity contribution in [3.63, 3.8) is 0 Å². The Hall–Kier alpha value is -1.73. The maximum atomic E-state index is 12.7. The van der Waals surface area contributed by atoms with Crippen molar-refractivity contribution in [1.29, 1.82) is 0 Å². The van der Waals surface area contributed by atoms with Gasteiger partial charge in [0.2, 0.25) is 11.9 Å². The van der Waals surface area contributed by atoms with Gasteiger partial charge in [0.25, 0.3) is 0 Å². The number of hydrazine groups is 1. The fraction of sp³-hybridized carbons (Fsp3) is 0.688. The van der Waals surface area contributed by atoms with Crippen LogP contribution in [-0.4, -0.2) is 59.0 Å². The van der Waals surface area contributed by atoms with Gasteiger partial charge in [-0.2, -0.15) is 0 Å². The van der Waals surface area contributed by atoms with Gasteiger partial charge in [-0.05, 0) is 25.3 Å². The second kappa shape index (κ2) is 7.70. The molecule has 2 aliphatic heterocycles. The van der Waals surface area contributed by atoms with Crippen molar-refractivity contribution >= 4 is 11.9 Å². The summed E-state index contributed by atoms with van der Waals surface area (Å²) in [6, 6.07) is 2.14. The van der Waals surface area contributed by atoms with Gasteiger partial charge >= 0.3 is 0 Å². The summed E-state index contributed by atoms with van der Waals surface area (Å²) in [5, 5.41) is 0. The van der Waals surface area contributed by atoms with Crippen molar-refractivity contribution in [3.8, 4) is 0 Å². The third-order valence-electron chi connectivity index (χ3n) is 4.56. The molecule has 7 nitrogen and oxygen atoms in total. The molecule has 0 aromatic carbocycles. The van der Waals surface area contributed by atoms with Crippen LogP contribution in [0.15, 0.2) is 18.5 Å². The van der Waals surface area contributed by atoms with Crippen LogP contribution in [0.4, 0.5) is 5.95 Å². The molecule has 2 atom stereocenters. The molecule has 0 radical (unpaired) electrons. The molecule has 2 saturated heterocycles. The van der Waals surface area contributed by atoms with E-state index in [2.05, 4.69) is 32.6 Å². The largest absolute Gasteiger partial charge is 0.339 e. The van der Waals surface area contributed by atoms with Gasteiger partial charge in [0.15, 0.2) is 0 Å². The Labute approximate surface area is 137 Å². The molecule has 2 N–H and O–H groups in total. The van der Waals surface area contributed by atoms with E-state index >= 15 is 0 Å². The number of aromatic nitrogens is 2. The molecular formula is C16H26N6O. The van der Waals surface area contributed by atoms with Gasteiger partial charge in [-0.3, -0.25) is 10.2 Å². The lowest BCUT2D eigenvalue weighted by Gasteiger charge is -2.24. The lowest BCUT2D eigenvalue weighted by atomic mass is 10.1. The second-order valence-electron chi connectivity index (χ2n) is 6.28. The Morgan fingerprint density at radius 3 is 2.83 bits per heavy atom. The highest BCUT2D eigenvalue weighted by atomic mass is 16.2. The van der Waals surface area contributed by atoms with Crippen LogP contribution in [0.1, 0.15) is 32.6 Å². The van der Waals surface area contributed by atoms with Crippen LogP contribution >= 0.6 is 0 Å². The predicted octanol–water partition coefficient (Wildman–Crippen LogP) is 0.551. The van der Waals surface area contributed by atoms with E-state index in [1.54, 1.807) is 12.4 Å². The average Bonchev–Trinajstić information content (AvgIpc) is 2.91. The molecule has 2 aliphatic rings. The number of anilines is 1. The van der Waals surface area contributed by atoms with Crippen LogP contribution in [0.2, 0.25) is 0 Å². The van der Waals surface area contributed by atoms with E-state index in [9.17, 15) is 4.79 Å². The predicted molar refractivity (Wildman–Crippen MR) is 88.8 cm³/mol. The van der Waals surface area contributed by atoms with Crippen LogP contribution < -0.4 is 15.8 Å². The molecule has 2 fully saturated rings. The Bertz CT molecular complexity index is 511. The minimum absolute atomic E-state index is 0.0916. The normalized spacial score (nSPS) is 25.4. The fourth-order valence-corrected chi connectivity index (χ4v) is 3.33. The summed E-state index contributed by atoms with van der Waals surface area (Å²) in [5.74, 6) is 0.970. The number of hydrogen-bond acceptors (Lipinski definition) is 6. The Balaban J connectivity index is 1.55. The van der Waals surface area contributed by atoms with Crippen LogP contribution in [0, 0.1) is 0 Å². The lowest BCUT2D eigenvalue weighted by Crippen LogP contribution is -2.47. The number of carbonyl (C=O) groups is 1. The van der Waals surface area contributed by atoms with E-state index in [0.717, 1.165) is 57.8 Å². The zero-order chi connectivity index (χ0) is 16.1. The van der Waals surface area contributed by atoms with Crippen LogP contribution in [0.3, 0.4) is 0 Å². The molecule has 7 heteroatoms. The van der Waals surface area contributed by atoms with E-state index in [1.165, 1.54) is 0 Å². The van der Waals surface area contributed by atoms with Gasteiger partial charge in [0, 0.05) is 44.6 Å². The number of nitrogens with one attached hydrogen (secondary N) is 2. The zero-order valence-corrected chi connectivity index (χ0v) is 13.7. The first-order chi connectivity index (χ1) is 11.3. The minimum Gasteiger partial charge on any atom is -0.339 e. The molecule has 23 heavy (non-hydrogen) atoms. The molecule has 0 bridgehead atoms. The number of carbonyl (C=O) groups excluding carboxylic acids is 1. The topological polar surface area (TPSA) is 73.4 Å². The molecule has 1 aromatic rings. The first-order valence-corrected chi connectivity index (χ1v) is 8.59. The zero-order valence-electron chi connectivity index (χ0n) is 13.7. The summed E-state index contributed by atoms with van der Waals surface area (Å²) in [6.07, 6.45) is 7.60. The smallest absolute Gasteiger partial charge is 0.241 e. The van der Waals surface area contributed by atoms with E-state index in [1.807, 2.05) is 11.0 Å². The van der Waals surface area contributed by atoms with Gasteiger partial charge in [-0.25, -0.2) is 15.4 Å². The first-order valence-electron chi connectivity index (χ1n) is 8.59. The van der Waals surface area contributed by atoms with E-state index in [0.29, 0.717) is 6.04 Å². The maximum absolute atomic E-state index is 12.7. The first kappa shape index (κ1) is 16.1. The van der Waals surface area contributed by atoms with Crippen molar-refractivity contribution in [2.24, 2.45) is 0 Å². The highest BCUT2D eigenvalue weighted by molar-refractivity contribution is 5.82. The van der Waals surface area contributed by atoms with E-state index in [-0.39, 0.29) is 11.9 Å². The van der Waals surface area contributed by atoms with Gasteiger partial charge in [0.1, 0.15) is 6.04 Å². The maximum Gasteiger partial charge on any atom is 0.241 e. The number of hydrogen-bond donors (Lipinski definition) is 2. The monoisotopic (exact) mass is 318 g/mol. The quantitative estimate of drug-likeness (QED) is 0.845. The van der Waals surface area contributed by atoms with Crippen molar-refractivity contribution in [1.82, 2.24) is 25.7 Å². The summed E-state index contributed by atoms with van der Waals surface area (Å²) >= 11 is 0. The second-order valence-corrected chi connectivity index (χ2v) is 6.28. The molecule has 2 unspecified atom stereocenters. The van der Waals surface area contributed by atoms with Crippen molar-refractivity contribution in [2.75, 3.05) is 31.1 Å². The molecule has 0 spiro atoms. The Kier molecular flexibility index (Phi) is 5.40. The van der Waals surface area contributed by atoms with Crippen molar-refractivity contribution in [3.05, 3.63) is 18.5 Å². The molecule has 3 rings (SSSR count). The van der Waals surface area contributed by atoms with Gasteiger partial charge in [0.05, 0.1) is 0 Å².